The quantitative estimate of drug-likeness (QED) is 0.681. The van der Waals surface area contributed by atoms with E-state index in [0.29, 0.717) is 0 Å². The molecule has 0 atom stereocenters. The Hall–Kier alpha value is -2.11. The monoisotopic (exact) mass is 258 g/mol. The summed E-state index contributed by atoms with van der Waals surface area (Å²) in [5, 5.41) is 9.97. The van der Waals surface area contributed by atoms with Gasteiger partial charge in [0.2, 0.25) is 0 Å². The van der Waals surface area contributed by atoms with Gasteiger partial charge in [-0.3, -0.25) is 0 Å². The Morgan fingerprint density at radius 3 is 2.28 bits per heavy atom. The van der Waals surface area contributed by atoms with E-state index >= 15 is 0 Å². The van der Waals surface area contributed by atoms with E-state index in [0.717, 1.165) is 5.58 Å². The molecule has 0 N–H and O–H groups in total. The van der Waals surface area contributed by atoms with E-state index in [4.69, 9.17) is 14.3 Å². The van der Waals surface area contributed by atoms with Crippen LogP contribution >= 0.6 is 0 Å². The Kier molecular flexibility index (Phi) is 4.25. The second-order valence-electron chi connectivity index (χ2n) is 3.38. The van der Waals surface area contributed by atoms with Crippen molar-refractivity contribution in [2.75, 3.05) is 0 Å². The van der Waals surface area contributed by atoms with Crippen LogP contribution in [0.3, 0.4) is 0 Å². The van der Waals surface area contributed by atoms with Crippen LogP contribution in [0.2, 0.25) is 0 Å². The van der Waals surface area contributed by atoms with Gasteiger partial charge in [-0.2, -0.15) is 13.2 Å². The lowest BCUT2D eigenvalue weighted by molar-refractivity contribution is -0.344. The number of halogens is 3. The Morgan fingerprint density at radius 1 is 1.22 bits per heavy atom. The molecule has 0 fully saturated rings. The average molecular weight is 258 g/mol. The molecule has 18 heavy (non-hydrogen) atoms. The van der Waals surface area contributed by atoms with Crippen LogP contribution in [0, 0.1) is 6.92 Å². The Morgan fingerprint density at radius 2 is 1.78 bits per heavy atom. The lowest BCUT2D eigenvalue weighted by Crippen LogP contribution is -2.37. The van der Waals surface area contributed by atoms with Crippen molar-refractivity contribution in [2.24, 2.45) is 0 Å². The van der Waals surface area contributed by atoms with Crippen LogP contribution in [0.4, 0.5) is 13.2 Å². The molecule has 0 amide bonds. The first-order valence-electron chi connectivity index (χ1n) is 4.86. The maximum atomic E-state index is 10.5. The second kappa shape index (κ2) is 5.48. The maximum absolute atomic E-state index is 10.5. The molecule has 2 aromatic rings. The predicted octanol–water partition coefficient (Wildman–Crippen LogP) is 2.32. The summed E-state index contributed by atoms with van der Waals surface area (Å²) >= 11 is 0. The number of fused-ring (bicyclic) bond motifs is 1. The number of carbonyl (C=O) groups excluding carboxylic acids is 1. The van der Waals surface area contributed by atoms with Crippen molar-refractivity contribution in [3.8, 4) is 0 Å². The number of carbonyl (C=O) groups is 1. The molecule has 6 heteroatoms. The molecule has 96 valence electrons. The zero-order valence-corrected chi connectivity index (χ0v) is 9.32. The number of hydrogen-bond donors (Lipinski definition) is 0. The minimum absolute atomic E-state index is 0.951. The highest BCUT2D eigenvalue weighted by molar-refractivity contribution is 5.79. The number of hydrogen-bond acceptors (Lipinski definition) is 2. The van der Waals surface area contributed by atoms with Gasteiger partial charge in [-0.05, 0) is 18.6 Å². The van der Waals surface area contributed by atoms with Crippen molar-refractivity contribution < 1.29 is 27.5 Å². The second-order valence-corrected chi connectivity index (χ2v) is 3.38. The number of rotatable bonds is 0. The molecule has 0 aliphatic heterocycles. The molecule has 0 radical (unpaired) electrons. The van der Waals surface area contributed by atoms with Crippen LogP contribution in [-0.4, -0.2) is 12.1 Å². The summed E-state index contributed by atoms with van der Waals surface area (Å²) in [6.45, 7) is 2.08. The summed E-state index contributed by atoms with van der Waals surface area (Å²) in [7, 11) is 0. The number of aliphatic carboxylic acids is 1. The first-order chi connectivity index (χ1) is 8.32. The summed E-state index contributed by atoms with van der Waals surface area (Å²) in [6.07, 6.45) is -3.47. The van der Waals surface area contributed by atoms with E-state index in [1.807, 2.05) is 24.3 Å². The van der Waals surface area contributed by atoms with Crippen LogP contribution in [0.15, 0.2) is 41.0 Å². The van der Waals surface area contributed by atoms with E-state index in [1.165, 1.54) is 10.9 Å². The fraction of sp³-hybridized carbons (Fsp3) is 0.167. The van der Waals surface area contributed by atoms with Crippen LogP contribution in [0.1, 0.15) is 5.56 Å². The normalized spacial score (nSPS) is 10.7. The van der Waals surface area contributed by atoms with Gasteiger partial charge in [-0.15, -0.1) is 0 Å². The molecule has 0 unspecified atom stereocenters. The highest BCUT2D eigenvalue weighted by atomic mass is 19.4. The fourth-order valence-corrected chi connectivity index (χ4v) is 1.19. The zero-order valence-electron chi connectivity index (χ0n) is 9.32. The highest BCUT2D eigenvalue weighted by Crippen LogP contribution is 2.16. The summed E-state index contributed by atoms with van der Waals surface area (Å²) in [5.74, 6) is -3.01. The molecule has 0 spiro atoms. The first-order valence-corrected chi connectivity index (χ1v) is 4.86. The number of aryl methyl sites for hydroxylation is 1. The largest absolute Gasteiger partial charge is 0.542 e. The van der Waals surface area contributed by atoms with Gasteiger partial charge in [-0.1, -0.05) is 12.1 Å². The predicted molar refractivity (Wildman–Crippen MR) is 56.4 cm³/mol. The zero-order chi connectivity index (χ0) is 13.8. The van der Waals surface area contributed by atoms with E-state index < -0.39 is 12.1 Å². The van der Waals surface area contributed by atoms with Crippen LogP contribution < -0.4 is 5.11 Å². The van der Waals surface area contributed by atoms with Crippen molar-refractivity contribution in [3.63, 3.8) is 0 Å². The number of benzene rings is 1. The first kappa shape index (κ1) is 14.0. The van der Waals surface area contributed by atoms with Crippen LogP contribution in [0.5, 0.6) is 0 Å². The lowest BCUT2D eigenvalue weighted by atomic mass is 10.1. The molecule has 2 rings (SSSR count). The van der Waals surface area contributed by atoms with Gasteiger partial charge in [0.15, 0.2) is 0 Å². The molecule has 0 aliphatic carbocycles. The summed E-state index contributed by atoms with van der Waals surface area (Å²) in [4.78, 5) is 8.78. The minimum atomic E-state index is -5.19. The van der Waals surface area contributed by atoms with Gasteiger partial charge in [-0.25, -0.2) is 4.42 Å². The molecule has 1 aromatic carbocycles. The van der Waals surface area contributed by atoms with Crippen molar-refractivity contribution in [2.45, 2.75) is 13.1 Å². The summed E-state index contributed by atoms with van der Waals surface area (Å²) in [5.41, 5.74) is 2.21. The molecule has 0 bridgehead atoms. The summed E-state index contributed by atoms with van der Waals surface area (Å²) < 4.78 is 36.8. The Bertz CT molecular complexity index is 544. The molecule has 1 heterocycles. The fourth-order valence-electron chi connectivity index (χ4n) is 1.19. The van der Waals surface area contributed by atoms with Crippen molar-refractivity contribution in [1.82, 2.24) is 0 Å². The van der Waals surface area contributed by atoms with Crippen LogP contribution in [-0.2, 0) is 4.79 Å². The van der Waals surface area contributed by atoms with E-state index in [9.17, 15) is 13.2 Å². The smallest absolute Gasteiger partial charge is 0.430 e. The summed E-state index contributed by atoms with van der Waals surface area (Å²) in [6, 6.07) is 10.0. The lowest BCUT2D eigenvalue weighted by Gasteiger charge is -2.03. The molecule has 0 saturated heterocycles. The SMILES string of the molecule is Cc1cc[o+]c2ccccc12.O=C([O-])C(F)(F)F. The van der Waals surface area contributed by atoms with E-state index in [1.54, 1.807) is 6.26 Å². The van der Waals surface area contributed by atoms with Crippen molar-refractivity contribution >= 4 is 16.9 Å². The molecule has 3 nitrogen and oxygen atoms in total. The van der Waals surface area contributed by atoms with Gasteiger partial charge in [0.1, 0.15) is 5.97 Å². The van der Waals surface area contributed by atoms with Crippen molar-refractivity contribution in [1.29, 1.82) is 0 Å². The maximum Gasteiger partial charge on any atom is 0.430 e. The van der Waals surface area contributed by atoms with Gasteiger partial charge in [0.05, 0.1) is 5.39 Å². The van der Waals surface area contributed by atoms with Gasteiger partial charge in [0.25, 0.3) is 0 Å². The molecule has 0 saturated carbocycles. The third-order valence-corrected chi connectivity index (χ3v) is 2.06. The van der Waals surface area contributed by atoms with Gasteiger partial charge < -0.3 is 9.90 Å². The highest BCUT2D eigenvalue weighted by Gasteiger charge is 2.28. The van der Waals surface area contributed by atoms with E-state index in [-0.39, 0.29) is 0 Å². The Balaban J connectivity index is 0.000000203. The van der Waals surface area contributed by atoms with E-state index in [2.05, 4.69) is 13.0 Å². The number of para-hydroxylation sites is 1. The molecular formula is C12H9F3O3. The van der Waals surface area contributed by atoms with Gasteiger partial charge in [0, 0.05) is 12.1 Å². The molecular weight excluding hydrogens is 249 g/mol. The topological polar surface area (TPSA) is 51.4 Å². The number of carboxylic acid groups (broad SMARTS) is 1. The standard InChI is InChI=1S/C10H9O.C2HF3O2/c1-8-6-7-11-10-5-3-2-4-9(8)10;3-2(4,5)1(6)7/h2-7H,1H3;(H,6,7)/q+1;/p-1. The minimum Gasteiger partial charge on any atom is -0.542 e. The molecule has 1 aromatic heterocycles. The number of carboxylic acids is 1. The van der Waals surface area contributed by atoms with Crippen molar-refractivity contribution in [3.05, 3.63) is 42.2 Å². The number of alkyl halides is 3. The van der Waals surface area contributed by atoms with Crippen LogP contribution in [0.25, 0.3) is 11.0 Å². The Labute approximate surface area is 100 Å². The molecule has 0 aliphatic rings. The third kappa shape index (κ3) is 3.73. The van der Waals surface area contributed by atoms with Gasteiger partial charge >= 0.3 is 18.0 Å². The average Bonchev–Trinajstić information content (AvgIpc) is 2.29. The third-order valence-electron chi connectivity index (χ3n) is 2.06.